The molecule has 0 aromatic heterocycles. The van der Waals surface area contributed by atoms with Crippen molar-refractivity contribution in [2.24, 2.45) is 11.8 Å². The third-order valence-corrected chi connectivity index (χ3v) is 11.2. The molecule has 0 radical (unpaired) electrons. The molecule has 2 N–H and O–H groups in total. The van der Waals surface area contributed by atoms with E-state index < -0.39 is 51.8 Å². The van der Waals surface area contributed by atoms with Crippen LogP contribution in [0.2, 0.25) is 0 Å². The first kappa shape index (κ1) is 49.0. The minimum absolute atomic E-state index is 0.180. The molecule has 0 aromatic carbocycles. The van der Waals surface area contributed by atoms with Gasteiger partial charge in [-0.3, -0.25) is 14.2 Å². The Morgan fingerprint density at radius 3 is 1.50 bits per heavy atom. The van der Waals surface area contributed by atoms with Crippen LogP contribution in [0.1, 0.15) is 200 Å². The van der Waals surface area contributed by atoms with Crippen LogP contribution in [-0.4, -0.2) is 60.8 Å². The molecule has 1 fully saturated rings. The Morgan fingerprint density at radius 2 is 1.02 bits per heavy atom. The second kappa shape index (κ2) is 33.3. The number of rotatable bonds is 39. The molecule has 11 heteroatoms. The zero-order valence-electron chi connectivity index (χ0n) is 33.3. The maximum Gasteiger partial charge on any atom is 0.306 e. The molecule has 0 bridgehead atoms. The topological polar surface area (TPSA) is 152 Å². The Balaban J connectivity index is 2.24. The van der Waals surface area contributed by atoms with E-state index >= 15 is 0 Å². The van der Waals surface area contributed by atoms with E-state index in [1.54, 1.807) is 0 Å². The van der Waals surface area contributed by atoms with Crippen molar-refractivity contribution in [3.05, 3.63) is 0 Å². The van der Waals surface area contributed by atoms with Gasteiger partial charge in [0.15, 0.2) is 6.10 Å². The highest BCUT2D eigenvalue weighted by Gasteiger charge is 2.35. The van der Waals surface area contributed by atoms with E-state index in [-0.39, 0.29) is 19.4 Å². The van der Waals surface area contributed by atoms with Crippen molar-refractivity contribution in [3.8, 4) is 0 Å². The smallest absolute Gasteiger partial charge is 0.306 e. The van der Waals surface area contributed by atoms with Crippen molar-refractivity contribution < 1.29 is 47.8 Å². The first-order valence-electron chi connectivity index (χ1n) is 21.4. The largest absolute Gasteiger partial charge is 0.756 e. The first-order chi connectivity index (χ1) is 25.2. The maximum atomic E-state index is 12.6. The maximum absolute atomic E-state index is 12.6. The summed E-state index contributed by atoms with van der Waals surface area (Å²) in [6, 6.07) is 0. The summed E-state index contributed by atoms with van der Waals surface area (Å²) >= 11 is 0. The first-order valence-corrected chi connectivity index (χ1v) is 22.9. The summed E-state index contributed by atoms with van der Waals surface area (Å²) in [7, 11) is -4.86. The van der Waals surface area contributed by atoms with Crippen LogP contribution < -0.4 is 4.89 Å². The summed E-state index contributed by atoms with van der Waals surface area (Å²) in [6.07, 6.45) is 30.8. The minimum Gasteiger partial charge on any atom is -0.756 e. The Bertz CT molecular complexity index is 903. The Kier molecular flexibility index (Phi) is 31.4. The van der Waals surface area contributed by atoms with Gasteiger partial charge in [-0.15, -0.1) is 0 Å². The van der Waals surface area contributed by atoms with Gasteiger partial charge in [0.05, 0.1) is 19.8 Å². The summed E-state index contributed by atoms with van der Waals surface area (Å²) in [5.41, 5.74) is 0. The normalized spacial score (nSPS) is 17.8. The molecule has 5 atom stereocenters. The lowest BCUT2D eigenvalue weighted by Crippen LogP contribution is -2.30. The van der Waals surface area contributed by atoms with Gasteiger partial charge in [-0.1, -0.05) is 168 Å². The van der Waals surface area contributed by atoms with Crippen molar-refractivity contribution in [2.45, 2.75) is 212 Å². The predicted octanol–water partition coefficient (Wildman–Crippen LogP) is 9.89. The number of phosphoric ester groups is 1. The van der Waals surface area contributed by atoms with E-state index in [9.17, 15) is 24.2 Å². The zero-order chi connectivity index (χ0) is 38.1. The van der Waals surface area contributed by atoms with E-state index in [4.69, 9.17) is 19.1 Å². The van der Waals surface area contributed by atoms with Crippen molar-refractivity contribution in [1.82, 2.24) is 0 Å². The van der Waals surface area contributed by atoms with E-state index in [1.807, 2.05) is 0 Å². The molecule has 1 rings (SSSR count). The highest BCUT2D eigenvalue weighted by atomic mass is 31.2. The molecule has 3 unspecified atom stereocenters. The molecule has 0 spiro atoms. The fourth-order valence-corrected chi connectivity index (χ4v) is 7.54. The summed E-state index contributed by atoms with van der Waals surface area (Å²) in [5, 5.41) is 18.3. The SMILES string of the molecule is CCCCCCCCCCCCCCCC(=O)OC[C@H](COP(=O)([O-])OC[C@@H](O)CO)OC(=O)CCCCCCCCCC1CC1CCCCCC. The van der Waals surface area contributed by atoms with Gasteiger partial charge in [0.1, 0.15) is 12.7 Å². The van der Waals surface area contributed by atoms with Gasteiger partial charge in [-0.05, 0) is 31.1 Å². The van der Waals surface area contributed by atoms with Gasteiger partial charge >= 0.3 is 11.9 Å². The molecule has 10 nitrogen and oxygen atoms in total. The number of unbranched alkanes of at least 4 members (excludes halogenated alkanes) is 21. The van der Waals surface area contributed by atoms with Crippen LogP contribution in [0.3, 0.4) is 0 Å². The molecule has 0 aromatic rings. The van der Waals surface area contributed by atoms with Crippen LogP contribution in [0.5, 0.6) is 0 Å². The zero-order valence-corrected chi connectivity index (χ0v) is 34.1. The average molecular weight is 762 g/mol. The van der Waals surface area contributed by atoms with Crippen LogP contribution in [-0.2, 0) is 32.7 Å². The number of esters is 2. The standard InChI is InChI=1S/C41H79O10P/c1-3-5-7-9-10-11-12-13-14-15-18-21-25-29-40(44)48-34-39(35-50-52(46,47)49-33-38(43)32-42)51-41(45)30-26-22-19-16-17-20-24-28-37-31-36(37)27-23-8-6-4-2/h36-39,42-43H,3-35H2,1-2H3,(H,46,47)/p-1/t36?,37?,38-,39+/m0/s1. The number of ether oxygens (including phenoxy) is 2. The molecule has 0 heterocycles. The second-order valence-electron chi connectivity index (χ2n) is 15.3. The van der Waals surface area contributed by atoms with Crippen LogP contribution in [0.25, 0.3) is 0 Å². The fraction of sp³-hybridized carbons (Fsp3) is 0.951. The molecular formula is C41H78O10P-. The van der Waals surface area contributed by atoms with Gasteiger partial charge < -0.3 is 33.6 Å². The lowest BCUT2D eigenvalue weighted by atomic mass is 10.0. The van der Waals surface area contributed by atoms with E-state index in [0.717, 1.165) is 50.4 Å². The molecule has 308 valence electrons. The van der Waals surface area contributed by atoms with Crippen LogP contribution in [0.15, 0.2) is 0 Å². The summed E-state index contributed by atoms with van der Waals surface area (Å²) < 4.78 is 32.3. The van der Waals surface area contributed by atoms with E-state index in [0.29, 0.717) is 12.8 Å². The number of aliphatic hydroxyl groups excluding tert-OH is 2. The Labute approximate surface area is 317 Å². The van der Waals surface area contributed by atoms with Crippen LogP contribution in [0, 0.1) is 11.8 Å². The molecule has 0 amide bonds. The molecule has 0 aliphatic heterocycles. The van der Waals surface area contributed by atoms with Gasteiger partial charge in [0, 0.05) is 12.8 Å². The van der Waals surface area contributed by atoms with Gasteiger partial charge in [-0.2, -0.15) is 0 Å². The highest BCUT2D eigenvalue weighted by molar-refractivity contribution is 7.45. The number of phosphoric acid groups is 1. The number of aliphatic hydroxyl groups is 2. The summed E-state index contributed by atoms with van der Waals surface area (Å²) in [4.78, 5) is 37.1. The third-order valence-electron chi connectivity index (χ3n) is 10.2. The van der Waals surface area contributed by atoms with E-state index in [2.05, 4.69) is 18.4 Å². The summed E-state index contributed by atoms with van der Waals surface area (Å²) in [6.45, 7) is 2.24. The molecule has 0 saturated heterocycles. The number of hydrogen-bond acceptors (Lipinski definition) is 10. The van der Waals surface area contributed by atoms with Crippen molar-refractivity contribution in [1.29, 1.82) is 0 Å². The van der Waals surface area contributed by atoms with Crippen molar-refractivity contribution in [3.63, 3.8) is 0 Å². The fourth-order valence-electron chi connectivity index (χ4n) is 6.76. The lowest BCUT2D eigenvalue weighted by Gasteiger charge is -2.26. The van der Waals surface area contributed by atoms with Gasteiger partial charge in [0.25, 0.3) is 7.82 Å². The Morgan fingerprint density at radius 1 is 0.615 bits per heavy atom. The van der Waals surface area contributed by atoms with Crippen molar-refractivity contribution >= 4 is 19.8 Å². The average Bonchev–Trinajstić information content (AvgIpc) is 3.89. The molecular weight excluding hydrogens is 683 g/mol. The summed E-state index contributed by atoms with van der Waals surface area (Å²) in [5.74, 6) is 1.03. The van der Waals surface area contributed by atoms with E-state index in [1.165, 1.54) is 122 Å². The van der Waals surface area contributed by atoms with Gasteiger partial charge in [0.2, 0.25) is 0 Å². The monoisotopic (exact) mass is 762 g/mol. The van der Waals surface area contributed by atoms with Crippen LogP contribution >= 0.6 is 7.82 Å². The lowest BCUT2D eigenvalue weighted by molar-refractivity contribution is -0.230. The number of carbonyl (C=O) groups is 2. The molecule has 1 aliphatic rings. The molecule has 1 saturated carbocycles. The predicted molar refractivity (Wildman–Crippen MR) is 206 cm³/mol. The minimum atomic E-state index is -4.86. The second-order valence-corrected chi connectivity index (χ2v) is 16.7. The quantitative estimate of drug-likeness (QED) is 0.0352. The van der Waals surface area contributed by atoms with Gasteiger partial charge in [-0.25, -0.2) is 0 Å². The molecule has 52 heavy (non-hydrogen) atoms. The Hall–Kier alpha value is -1.03. The van der Waals surface area contributed by atoms with Crippen LogP contribution in [0.4, 0.5) is 0 Å². The third kappa shape index (κ3) is 30.3. The number of carbonyl (C=O) groups excluding carboxylic acids is 2. The molecule has 1 aliphatic carbocycles. The number of hydrogen-bond donors (Lipinski definition) is 2. The van der Waals surface area contributed by atoms with Crippen molar-refractivity contribution in [2.75, 3.05) is 26.4 Å². The highest BCUT2D eigenvalue weighted by Crippen LogP contribution is 2.45.